The van der Waals surface area contributed by atoms with Crippen LogP contribution in [-0.4, -0.2) is 12.6 Å². The summed E-state index contributed by atoms with van der Waals surface area (Å²) in [6.45, 7) is 2.64. The highest BCUT2D eigenvalue weighted by atomic mass is 79.9. The molecule has 0 saturated carbocycles. The second-order valence-corrected chi connectivity index (χ2v) is 5.94. The topological polar surface area (TPSA) is 41.1 Å². The van der Waals surface area contributed by atoms with Crippen LogP contribution in [0.25, 0.3) is 6.08 Å². The van der Waals surface area contributed by atoms with Gasteiger partial charge in [0.15, 0.2) is 0 Å². The Bertz CT molecular complexity index is 668. The predicted octanol–water partition coefficient (Wildman–Crippen LogP) is 4.27. The van der Waals surface area contributed by atoms with Gasteiger partial charge in [0.25, 0.3) is 0 Å². The van der Waals surface area contributed by atoms with Crippen molar-refractivity contribution < 1.29 is 4.79 Å². The average Bonchev–Trinajstić information content (AvgIpc) is 2.47. The molecule has 0 atom stereocenters. The molecule has 0 saturated heterocycles. The fourth-order valence-electron chi connectivity index (χ4n) is 2.05. The zero-order valence-corrected chi connectivity index (χ0v) is 14.1. The Kier molecular flexibility index (Phi) is 6.22. The van der Waals surface area contributed by atoms with Gasteiger partial charge in [-0.05, 0) is 42.7 Å². The van der Waals surface area contributed by atoms with E-state index in [0.29, 0.717) is 6.54 Å². The van der Waals surface area contributed by atoms with Crippen LogP contribution in [0.2, 0.25) is 0 Å². The average molecular weight is 359 g/mol. The van der Waals surface area contributed by atoms with Crippen LogP contribution in [0, 0.1) is 6.92 Å². The van der Waals surface area contributed by atoms with E-state index in [1.807, 2.05) is 49.4 Å². The summed E-state index contributed by atoms with van der Waals surface area (Å²) >= 11 is 3.44. The van der Waals surface area contributed by atoms with Crippen LogP contribution in [-0.2, 0) is 6.42 Å². The van der Waals surface area contributed by atoms with Crippen LogP contribution in [0.3, 0.4) is 0 Å². The van der Waals surface area contributed by atoms with E-state index >= 15 is 0 Å². The van der Waals surface area contributed by atoms with Crippen molar-refractivity contribution in [2.45, 2.75) is 13.3 Å². The Morgan fingerprint density at radius 1 is 1.18 bits per heavy atom. The first-order valence-electron chi connectivity index (χ1n) is 7.15. The number of benzene rings is 2. The summed E-state index contributed by atoms with van der Waals surface area (Å²) in [5, 5.41) is 5.54. The number of hydrogen-bond acceptors (Lipinski definition) is 1. The highest BCUT2D eigenvalue weighted by Gasteiger charge is 1.98. The Hall–Kier alpha value is -2.07. The number of rotatable bonds is 5. The number of nitrogens with one attached hydrogen (secondary N) is 2. The van der Waals surface area contributed by atoms with Crippen molar-refractivity contribution in [1.29, 1.82) is 0 Å². The molecule has 0 radical (unpaired) electrons. The largest absolute Gasteiger partial charge is 0.338 e. The van der Waals surface area contributed by atoms with Crippen LogP contribution in [0.15, 0.2) is 59.2 Å². The molecule has 0 heterocycles. The van der Waals surface area contributed by atoms with Crippen LogP contribution in [0.5, 0.6) is 0 Å². The molecule has 0 bridgehead atoms. The second kappa shape index (κ2) is 8.39. The molecular weight excluding hydrogens is 340 g/mol. The van der Waals surface area contributed by atoms with E-state index in [4.69, 9.17) is 0 Å². The van der Waals surface area contributed by atoms with Crippen molar-refractivity contribution in [3.8, 4) is 0 Å². The molecule has 2 amide bonds. The summed E-state index contributed by atoms with van der Waals surface area (Å²) in [5.74, 6) is 0. The van der Waals surface area contributed by atoms with E-state index in [0.717, 1.165) is 16.5 Å². The minimum absolute atomic E-state index is 0.195. The third-order valence-electron chi connectivity index (χ3n) is 3.12. The number of carbonyl (C=O) groups is 1. The van der Waals surface area contributed by atoms with Gasteiger partial charge in [0.05, 0.1) is 0 Å². The minimum atomic E-state index is -0.195. The van der Waals surface area contributed by atoms with E-state index in [1.54, 1.807) is 6.20 Å². The summed E-state index contributed by atoms with van der Waals surface area (Å²) < 4.78 is 1.05. The van der Waals surface area contributed by atoms with Gasteiger partial charge in [0.1, 0.15) is 0 Å². The molecule has 2 N–H and O–H groups in total. The highest BCUT2D eigenvalue weighted by Crippen LogP contribution is 2.11. The van der Waals surface area contributed by atoms with E-state index < -0.39 is 0 Å². The summed E-state index contributed by atoms with van der Waals surface area (Å²) in [6, 6.07) is 16.0. The molecule has 3 nitrogen and oxygen atoms in total. The number of carbonyl (C=O) groups excluding carboxylic acids is 1. The number of halogens is 1. The molecule has 0 aliphatic heterocycles. The number of amides is 2. The number of urea groups is 1. The fourth-order valence-corrected chi connectivity index (χ4v) is 2.50. The summed E-state index contributed by atoms with van der Waals surface area (Å²) in [5.41, 5.74) is 3.44. The molecule has 0 aromatic heterocycles. The monoisotopic (exact) mass is 358 g/mol. The predicted molar refractivity (Wildman–Crippen MR) is 94.6 cm³/mol. The maximum absolute atomic E-state index is 11.7. The quantitative estimate of drug-likeness (QED) is 0.823. The maximum Gasteiger partial charge on any atom is 0.318 e. The molecule has 114 valence electrons. The molecule has 2 aromatic carbocycles. The first kappa shape index (κ1) is 16.3. The van der Waals surface area contributed by atoms with Crippen molar-refractivity contribution in [2.24, 2.45) is 0 Å². The van der Waals surface area contributed by atoms with E-state index in [1.165, 1.54) is 11.1 Å². The van der Waals surface area contributed by atoms with E-state index in [9.17, 15) is 4.79 Å². The summed E-state index contributed by atoms with van der Waals surface area (Å²) in [7, 11) is 0. The van der Waals surface area contributed by atoms with Crippen LogP contribution in [0.1, 0.15) is 16.7 Å². The van der Waals surface area contributed by atoms with Crippen LogP contribution < -0.4 is 10.6 Å². The van der Waals surface area contributed by atoms with E-state index in [-0.39, 0.29) is 6.03 Å². The standard InChI is InChI=1S/C18H19BrN2O/c1-14-4-2-5-15(12-14)8-10-20-18(22)21-11-9-16-6-3-7-17(19)13-16/h2-8,10,12-13H,9,11H2,1H3,(H2,20,21,22)/b10-8+. The Labute approximate surface area is 139 Å². The van der Waals surface area contributed by atoms with Gasteiger partial charge >= 0.3 is 6.03 Å². The minimum Gasteiger partial charge on any atom is -0.338 e. The van der Waals surface area contributed by atoms with Crippen LogP contribution >= 0.6 is 15.9 Å². The van der Waals surface area contributed by atoms with Gasteiger partial charge in [0, 0.05) is 17.2 Å². The van der Waals surface area contributed by atoms with Gasteiger partial charge in [-0.25, -0.2) is 4.79 Å². The zero-order valence-electron chi connectivity index (χ0n) is 12.5. The fraction of sp³-hybridized carbons (Fsp3) is 0.167. The summed E-state index contributed by atoms with van der Waals surface area (Å²) in [6.07, 6.45) is 4.33. The summed E-state index contributed by atoms with van der Waals surface area (Å²) in [4.78, 5) is 11.7. The molecular formula is C18H19BrN2O. The van der Waals surface area contributed by atoms with Gasteiger partial charge in [-0.3, -0.25) is 0 Å². The molecule has 0 aliphatic rings. The lowest BCUT2D eigenvalue weighted by Crippen LogP contribution is -2.33. The highest BCUT2D eigenvalue weighted by molar-refractivity contribution is 9.10. The molecule has 4 heteroatoms. The lowest BCUT2D eigenvalue weighted by atomic mass is 10.1. The SMILES string of the molecule is Cc1cccc(/C=C/NC(=O)NCCc2cccc(Br)c2)c1. The lowest BCUT2D eigenvalue weighted by Gasteiger charge is -2.05. The van der Waals surface area contributed by atoms with E-state index in [2.05, 4.69) is 38.7 Å². The Morgan fingerprint density at radius 3 is 2.77 bits per heavy atom. The Morgan fingerprint density at radius 2 is 2.00 bits per heavy atom. The molecule has 0 spiro atoms. The van der Waals surface area contributed by atoms with Crippen molar-refractivity contribution in [1.82, 2.24) is 10.6 Å². The smallest absolute Gasteiger partial charge is 0.318 e. The number of aryl methyl sites for hydroxylation is 1. The molecule has 0 fully saturated rings. The molecule has 22 heavy (non-hydrogen) atoms. The molecule has 0 aliphatic carbocycles. The van der Waals surface area contributed by atoms with Gasteiger partial charge in [0.2, 0.25) is 0 Å². The van der Waals surface area contributed by atoms with Gasteiger partial charge in [-0.1, -0.05) is 57.9 Å². The van der Waals surface area contributed by atoms with Crippen molar-refractivity contribution in [3.63, 3.8) is 0 Å². The molecule has 2 rings (SSSR count). The van der Waals surface area contributed by atoms with Gasteiger partial charge in [-0.15, -0.1) is 0 Å². The maximum atomic E-state index is 11.7. The zero-order chi connectivity index (χ0) is 15.8. The molecule has 2 aromatic rings. The third-order valence-corrected chi connectivity index (χ3v) is 3.61. The number of hydrogen-bond donors (Lipinski definition) is 2. The van der Waals surface area contributed by atoms with Crippen molar-refractivity contribution in [2.75, 3.05) is 6.54 Å². The Balaban J connectivity index is 1.72. The van der Waals surface area contributed by atoms with Crippen molar-refractivity contribution >= 4 is 28.0 Å². The van der Waals surface area contributed by atoms with Gasteiger partial charge in [-0.2, -0.15) is 0 Å². The second-order valence-electron chi connectivity index (χ2n) is 5.03. The molecule has 0 unspecified atom stereocenters. The van der Waals surface area contributed by atoms with Crippen molar-refractivity contribution in [3.05, 3.63) is 75.9 Å². The third kappa shape index (κ3) is 5.74. The lowest BCUT2D eigenvalue weighted by molar-refractivity contribution is 0.244. The van der Waals surface area contributed by atoms with Gasteiger partial charge < -0.3 is 10.6 Å². The normalized spacial score (nSPS) is 10.6. The van der Waals surface area contributed by atoms with Crippen LogP contribution in [0.4, 0.5) is 4.79 Å². The first-order valence-corrected chi connectivity index (χ1v) is 7.95. The first-order chi connectivity index (χ1) is 10.6.